The second-order valence-corrected chi connectivity index (χ2v) is 4.03. The Hall–Kier alpha value is -1.44. The third-order valence-electron chi connectivity index (χ3n) is 2.19. The Morgan fingerprint density at radius 2 is 1.70 bits per heavy atom. The van der Waals surface area contributed by atoms with E-state index in [4.69, 9.17) is 11.6 Å². The first-order valence-corrected chi connectivity index (χ1v) is 5.51. The Morgan fingerprint density at radius 3 is 2.10 bits per heavy atom. The summed E-state index contributed by atoms with van der Waals surface area (Å²) in [6.45, 7) is 1.02. The van der Waals surface area contributed by atoms with Gasteiger partial charge in [-0.05, 0) is 19.1 Å². The van der Waals surface area contributed by atoms with Crippen LogP contribution in [-0.2, 0) is 17.1 Å². The third-order valence-corrected chi connectivity index (χ3v) is 2.41. The summed E-state index contributed by atoms with van der Waals surface area (Å²) in [4.78, 5) is 11.4. The number of hydrogen-bond donors (Lipinski definition) is 0. The molecule has 2 nitrogen and oxygen atoms in total. The van der Waals surface area contributed by atoms with Gasteiger partial charge >= 0.3 is 18.3 Å². The number of carbonyl (C=O) groups is 1. The van der Waals surface area contributed by atoms with Gasteiger partial charge in [0.15, 0.2) is 0 Å². The molecule has 0 amide bonds. The van der Waals surface area contributed by atoms with E-state index >= 15 is 0 Å². The number of halogens is 7. The molecule has 1 aromatic rings. The molecule has 0 saturated heterocycles. The largest absolute Gasteiger partial charge is 0.462 e. The summed E-state index contributed by atoms with van der Waals surface area (Å²) >= 11 is 5.35. The first kappa shape index (κ1) is 16.6. The van der Waals surface area contributed by atoms with Crippen molar-refractivity contribution in [3.05, 3.63) is 33.8 Å². The third kappa shape index (κ3) is 3.56. The molecule has 0 spiro atoms. The summed E-state index contributed by atoms with van der Waals surface area (Å²) in [5.41, 5.74) is -5.40. The highest BCUT2D eigenvalue weighted by Gasteiger charge is 2.46. The van der Waals surface area contributed by atoms with Gasteiger partial charge in [-0.25, -0.2) is 4.79 Å². The molecular weight excluding hydrogens is 314 g/mol. The number of rotatable bonds is 2. The van der Waals surface area contributed by atoms with Gasteiger partial charge in [0.2, 0.25) is 0 Å². The highest BCUT2D eigenvalue weighted by atomic mass is 35.5. The van der Waals surface area contributed by atoms with E-state index in [1.807, 2.05) is 0 Å². The molecule has 0 atom stereocenters. The fourth-order valence-electron chi connectivity index (χ4n) is 1.51. The van der Waals surface area contributed by atoms with Gasteiger partial charge in [0.05, 0.1) is 23.3 Å². The predicted octanol–water partition coefficient (Wildman–Crippen LogP) is 4.55. The lowest BCUT2D eigenvalue weighted by atomic mass is 10.00. The molecule has 1 rings (SSSR count). The van der Waals surface area contributed by atoms with Crippen molar-refractivity contribution in [2.45, 2.75) is 19.3 Å². The van der Waals surface area contributed by atoms with Gasteiger partial charge in [-0.3, -0.25) is 0 Å². The maximum atomic E-state index is 12.8. The second kappa shape index (κ2) is 5.51. The second-order valence-electron chi connectivity index (χ2n) is 3.59. The lowest BCUT2D eigenvalue weighted by molar-refractivity contribution is -0.162. The number of ether oxygens (including phenoxy) is 1. The summed E-state index contributed by atoms with van der Waals surface area (Å²) in [5.74, 6) is -1.52. The average Bonchev–Trinajstić information content (AvgIpc) is 2.25. The van der Waals surface area contributed by atoms with E-state index < -0.39 is 40.0 Å². The van der Waals surface area contributed by atoms with Crippen molar-refractivity contribution < 1.29 is 35.9 Å². The molecule has 0 aromatic heterocycles. The van der Waals surface area contributed by atoms with E-state index in [0.717, 1.165) is 0 Å². The van der Waals surface area contributed by atoms with Gasteiger partial charge in [-0.15, -0.1) is 0 Å². The molecule has 0 aliphatic rings. The molecule has 0 unspecified atom stereocenters. The number of benzene rings is 1. The molecule has 0 aliphatic heterocycles. The molecule has 112 valence electrons. The minimum absolute atomic E-state index is 0.118. The maximum absolute atomic E-state index is 12.8. The number of hydrogen-bond acceptors (Lipinski definition) is 2. The molecule has 20 heavy (non-hydrogen) atoms. The van der Waals surface area contributed by atoms with Gasteiger partial charge in [0.25, 0.3) is 0 Å². The van der Waals surface area contributed by atoms with Crippen molar-refractivity contribution in [3.8, 4) is 0 Å². The smallest absolute Gasteiger partial charge is 0.417 e. The highest BCUT2D eigenvalue weighted by molar-refractivity contribution is 6.31. The van der Waals surface area contributed by atoms with Crippen LogP contribution >= 0.6 is 11.6 Å². The van der Waals surface area contributed by atoms with Crippen molar-refractivity contribution in [2.24, 2.45) is 0 Å². The Balaban J connectivity index is 3.66. The molecule has 0 saturated carbocycles. The van der Waals surface area contributed by atoms with Crippen LogP contribution in [0.5, 0.6) is 0 Å². The maximum Gasteiger partial charge on any atom is 0.417 e. The Morgan fingerprint density at radius 1 is 1.15 bits per heavy atom. The van der Waals surface area contributed by atoms with Crippen molar-refractivity contribution in [3.63, 3.8) is 0 Å². The fraction of sp³-hybridized carbons (Fsp3) is 0.364. The Labute approximate surface area is 114 Å². The summed E-state index contributed by atoms with van der Waals surface area (Å²) in [7, 11) is 0. The molecule has 0 radical (unpaired) electrons. The highest BCUT2D eigenvalue weighted by Crippen LogP contribution is 2.43. The van der Waals surface area contributed by atoms with E-state index in [2.05, 4.69) is 4.74 Å². The van der Waals surface area contributed by atoms with Crippen LogP contribution in [-0.4, -0.2) is 12.6 Å². The molecule has 0 N–H and O–H groups in total. The molecule has 9 heteroatoms. The van der Waals surface area contributed by atoms with Gasteiger partial charge in [0.1, 0.15) is 0 Å². The Kier molecular flexibility index (Phi) is 4.58. The van der Waals surface area contributed by atoms with Gasteiger partial charge < -0.3 is 4.74 Å². The van der Waals surface area contributed by atoms with Crippen LogP contribution in [0.2, 0.25) is 5.02 Å². The van der Waals surface area contributed by atoms with Crippen LogP contribution in [0.1, 0.15) is 28.4 Å². The normalized spacial score (nSPS) is 12.4. The number of alkyl halides is 6. The lowest BCUT2D eigenvalue weighted by Gasteiger charge is -2.18. The fourth-order valence-corrected chi connectivity index (χ4v) is 1.72. The average molecular weight is 321 g/mol. The van der Waals surface area contributed by atoms with E-state index in [0.29, 0.717) is 6.07 Å². The zero-order valence-corrected chi connectivity index (χ0v) is 10.6. The van der Waals surface area contributed by atoms with Crippen molar-refractivity contribution >= 4 is 17.6 Å². The van der Waals surface area contributed by atoms with Crippen molar-refractivity contribution in [2.75, 3.05) is 6.61 Å². The van der Waals surface area contributed by atoms with E-state index in [-0.39, 0.29) is 12.7 Å². The molecule has 0 heterocycles. The Bertz CT molecular complexity index is 521. The molecular formula is C11H7ClF6O2. The van der Waals surface area contributed by atoms with Gasteiger partial charge in [0, 0.05) is 5.02 Å². The quantitative estimate of drug-likeness (QED) is 0.590. The van der Waals surface area contributed by atoms with Crippen molar-refractivity contribution in [1.82, 2.24) is 0 Å². The predicted molar refractivity (Wildman–Crippen MR) is 57.4 cm³/mol. The zero-order valence-electron chi connectivity index (χ0n) is 9.82. The lowest BCUT2D eigenvalue weighted by Crippen LogP contribution is -2.22. The number of esters is 1. The molecule has 0 aliphatic carbocycles. The molecule has 1 aromatic carbocycles. The van der Waals surface area contributed by atoms with Gasteiger partial charge in [-0.1, -0.05) is 11.6 Å². The molecule has 0 bridgehead atoms. The molecule has 0 fully saturated rings. The van der Waals surface area contributed by atoms with Crippen LogP contribution in [0.25, 0.3) is 0 Å². The topological polar surface area (TPSA) is 26.3 Å². The monoisotopic (exact) mass is 320 g/mol. The number of carbonyl (C=O) groups excluding carboxylic acids is 1. The van der Waals surface area contributed by atoms with Crippen LogP contribution < -0.4 is 0 Å². The van der Waals surface area contributed by atoms with E-state index in [1.54, 1.807) is 0 Å². The summed E-state index contributed by atoms with van der Waals surface area (Å²) < 4.78 is 80.8. The van der Waals surface area contributed by atoms with Crippen molar-refractivity contribution in [1.29, 1.82) is 0 Å². The minimum atomic E-state index is -5.38. The van der Waals surface area contributed by atoms with Crippen LogP contribution in [0.3, 0.4) is 0 Å². The SMILES string of the molecule is CCOC(=O)c1cc(Cl)cc(C(F)(F)F)c1C(F)(F)F. The van der Waals surface area contributed by atoms with Crippen LogP contribution in [0.4, 0.5) is 26.3 Å². The summed E-state index contributed by atoms with van der Waals surface area (Å²) in [6, 6.07) is 0.616. The minimum Gasteiger partial charge on any atom is -0.462 e. The first-order chi connectivity index (χ1) is 8.98. The zero-order chi connectivity index (χ0) is 15.7. The van der Waals surface area contributed by atoms with Gasteiger partial charge in [-0.2, -0.15) is 26.3 Å². The standard InChI is InChI=1S/C11H7ClF6O2/c1-2-20-9(19)6-3-5(12)4-7(10(13,14)15)8(6)11(16,17)18/h3-4H,2H2,1H3. The van der Waals surface area contributed by atoms with Crippen LogP contribution in [0, 0.1) is 0 Å². The summed E-state index contributed by atoms with van der Waals surface area (Å²) in [6.07, 6.45) is -10.7. The first-order valence-electron chi connectivity index (χ1n) is 5.13. The van der Waals surface area contributed by atoms with Crippen LogP contribution in [0.15, 0.2) is 12.1 Å². The van der Waals surface area contributed by atoms with E-state index in [1.165, 1.54) is 6.92 Å². The van der Waals surface area contributed by atoms with E-state index in [9.17, 15) is 31.1 Å². The summed E-state index contributed by atoms with van der Waals surface area (Å²) in [5, 5.41) is -0.645.